The van der Waals surface area contributed by atoms with E-state index in [1.54, 1.807) is 0 Å². The van der Waals surface area contributed by atoms with Crippen LogP contribution in [0.3, 0.4) is 0 Å². The lowest BCUT2D eigenvalue weighted by atomic mass is 10.1. The summed E-state index contributed by atoms with van der Waals surface area (Å²) in [5, 5.41) is 3.41. The molecule has 41 heavy (non-hydrogen) atoms. The minimum Gasteiger partial charge on any atom is -0.457 e. The summed E-state index contributed by atoms with van der Waals surface area (Å²) in [7, 11) is 2.12. The van der Waals surface area contributed by atoms with Crippen LogP contribution in [0.4, 0.5) is 17.1 Å². The number of aromatic nitrogens is 2. The van der Waals surface area contributed by atoms with Crippen LogP contribution in [0, 0.1) is 6.92 Å². The maximum atomic E-state index is 6.50. The van der Waals surface area contributed by atoms with E-state index in [-0.39, 0.29) is 0 Å². The van der Waals surface area contributed by atoms with Gasteiger partial charge in [-0.1, -0.05) is 60.7 Å². The fourth-order valence-corrected chi connectivity index (χ4v) is 6.11. The molecule has 0 N–H and O–H groups in total. The highest BCUT2D eigenvalue weighted by molar-refractivity contribution is 6.12. The zero-order chi connectivity index (χ0) is 27.5. The maximum absolute atomic E-state index is 6.50. The number of hydrogen-bond acceptors (Lipinski definition) is 4. The third kappa shape index (κ3) is 3.81. The molecular weight excluding hydrogens is 504 g/mol. The lowest BCUT2D eigenvalue weighted by molar-refractivity contribution is 0.483. The molecule has 198 valence electrons. The van der Waals surface area contributed by atoms with Gasteiger partial charge in [0.2, 0.25) is 0 Å². The molecule has 7 aromatic rings. The minimum absolute atomic E-state index is 0.784. The van der Waals surface area contributed by atoms with Gasteiger partial charge in [-0.2, -0.15) is 0 Å². The molecule has 0 fully saturated rings. The van der Waals surface area contributed by atoms with E-state index in [9.17, 15) is 0 Å². The van der Waals surface area contributed by atoms with Gasteiger partial charge in [-0.05, 0) is 66.4 Å². The second-order valence-electron chi connectivity index (χ2n) is 10.7. The van der Waals surface area contributed by atoms with Crippen LogP contribution in [0.1, 0.15) is 5.56 Å². The van der Waals surface area contributed by atoms with Crippen LogP contribution in [-0.2, 0) is 0 Å². The van der Waals surface area contributed by atoms with E-state index in [0.29, 0.717) is 0 Å². The first-order valence-electron chi connectivity index (χ1n) is 13.9. The molecule has 5 aromatic carbocycles. The highest BCUT2D eigenvalue weighted by Crippen LogP contribution is 2.41. The molecule has 0 unspecified atom stereocenters. The lowest BCUT2D eigenvalue weighted by Crippen LogP contribution is -2.23. The van der Waals surface area contributed by atoms with Crippen molar-refractivity contribution >= 4 is 44.4 Å². The first-order chi connectivity index (χ1) is 20.1. The van der Waals surface area contributed by atoms with Crippen molar-refractivity contribution < 1.29 is 4.74 Å². The first-order valence-corrected chi connectivity index (χ1v) is 13.9. The summed E-state index contributed by atoms with van der Waals surface area (Å²) in [5.41, 5.74) is 8.92. The molecular formula is C36H28N4O. The summed E-state index contributed by atoms with van der Waals surface area (Å²) < 4.78 is 8.71. The van der Waals surface area contributed by atoms with Gasteiger partial charge in [-0.25, -0.2) is 4.98 Å². The number of benzene rings is 5. The molecule has 0 atom stereocenters. The van der Waals surface area contributed by atoms with Crippen LogP contribution >= 0.6 is 0 Å². The Kier molecular flexibility index (Phi) is 5.25. The van der Waals surface area contributed by atoms with Crippen LogP contribution in [0.25, 0.3) is 38.6 Å². The standard InChI is InChI=1S/C36H28N4O/c1-24-10-3-4-13-28(24)32-22-39-33-15-6-5-14-30(33)29-19-18-27(21-31(29)36(39)37-32)41-26-12-9-11-25(20-26)40-23-38(2)34-16-7-8-17-35(34)40/h3-22H,23H2,1-2H3. The number of pyridine rings is 1. The third-order valence-corrected chi connectivity index (χ3v) is 8.11. The average molecular weight is 533 g/mol. The Morgan fingerprint density at radius 3 is 2.37 bits per heavy atom. The van der Waals surface area contributed by atoms with E-state index < -0.39 is 0 Å². The Bertz CT molecular complexity index is 2110. The predicted octanol–water partition coefficient (Wildman–Crippen LogP) is 8.95. The number of fused-ring (bicyclic) bond motifs is 7. The fourth-order valence-electron chi connectivity index (χ4n) is 6.11. The molecule has 0 bridgehead atoms. The summed E-state index contributed by atoms with van der Waals surface area (Å²) in [6.07, 6.45) is 2.15. The van der Waals surface area contributed by atoms with E-state index in [4.69, 9.17) is 9.72 Å². The zero-order valence-electron chi connectivity index (χ0n) is 23.0. The normalized spacial score (nSPS) is 12.9. The van der Waals surface area contributed by atoms with E-state index in [2.05, 4.69) is 144 Å². The van der Waals surface area contributed by atoms with Crippen molar-refractivity contribution in [1.29, 1.82) is 0 Å². The number of aryl methyl sites for hydroxylation is 1. The van der Waals surface area contributed by atoms with Gasteiger partial charge >= 0.3 is 0 Å². The van der Waals surface area contributed by atoms with E-state index in [1.807, 2.05) is 6.07 Å². The SMILES string of the molecule is Cc1ccccc1-c1cn2c3ccccc3c3ccc(Oc4cccc(N5CN(C)c6ccccc65)c4)cc3c2n1. The molecule has 5 heteroatoms. The molecule has 0 saturated carbocycles. The summed E-state index contributed by atoms with van der Waals surface area (Å²) in [6, 6.07) is 40.1. The zero-order valence-corrected chi connectivity index (χ0v) is 23.0. The van der Waals surface area contributed by atoms with Crippen LogP contribution in [-0.4, -0.2) is 23.1 Å². The molecule has 3 heterocycles. The van der Waals surface area contributed by atoms with Crippen LogP contribution < -0.4 is 14.5 Å². The van der Waals surface area contributed by atoms with Gasteiger partial charge in [-0.15, -0.1) is 0 Å². The average Bonchev–Trinajstić information content (AvgIpc) is 3.60. The van der Waals surface area contributed by atoms with Crippen LogP contribution in [0.2, 0.25) is 0 Å². The molecule has 1 aliphatic heterocycles. The quantitative estimate of drug-likeness (QED) is 0.212. The number of ether oxygens (including phenoxy) is 1. The van der Waals surface area contributed by atoms with Gasteiger partial charge < -0.3 is 14.5 Å². The van der Waals surface area contributed by atoms with Crippen molar-refractivity contribution in [3.8, 4) is 22.8 Å². The molecule has 2 aromatic heterocycles. The molecule has 1 aliphatic rings. The van der Waals surface area contributed by atoms with Crippen molar-refractivity contribution in [3.63, 3.8) is 0 Å². The summed E-state index contributed by atoms with van der Waals surface area (Å²) in [4.78, 5) is 9.74. The largest absolute Gasteiger partial charge is 0.457 e. The van der Waals surface area contributed by atoms with Crippen molar-refractivity contribution in [2.45, 2.75) is 6.92 Å². The number of hydrogen-bond donors (Lipinski definition) is 0. The highest BCUT2D eigenvalue weighted by atomic mass is 16.5. The number of para-hydroxylation sites is 3. The number of imidazole rings is 1. The Morgan fingerprint density at radius 1 is 0.683 bits per heavy atom. The summed E-state index contributed by atoms with van der Waals surface area (Å²) >= 11 is 0. The Balaban J connectivity index is 1.23. The Labute approximate surface area is 238 Å². The number of rotatable bonds is 4. The van der Waals surface area contributed by atoms with Crippen LogP contribution in [0.5, 0.6) is 11.5 Å². The highest BCUT2D eigenvalue weighted by Gasteiger charge is 2.24. The monoisotopic (exact) mass is 532 g/mol. The molecule has 8 rings (SSSR count). The topological polar surface area (TPSA) is 33.0 Å². The number of anilines is 3. The first kappa shape index (κ1) is 23.6. The van der Waals surface area contributed by atoms with Gasteiger partial charge in [0.1, 0.15) is 17.1 Å². The third-order valence-electron chi connectivity index (χ3n) is 8.11. The van der Waals surface area contributed by atoms with Gasteiger partial charge in [0.15, 0.2) is 0 Å². The Hall–Kier alpha value is -5.29. The van der Waals surface area contributed by atoms with E-state index in [0.717, 1.165) is 57.0 Å². The molecule has 0 spiro atoms. The van der Waals surface area contributed by atoms with Crippen molar-refractivity contribution in [2.75, 3.05) is 23.5 Å². The fraction of sp³-hybridized carbons (Fsp3) is 0.0833. The van der Waals surface area contributed by atoms with E-state index in [1.165, 1.54) is 22.3 Å². The summed E-state index contributed by atoms with van der Waals surface area (Å²) in [6.45, 7) is 2.93. The molecule has 5 nitrogen and oxygen atoms in total. The second kappa shape index (κ2) is 9.14. The van der Waals surface area contributed by atoms with Crippen molar-refractivity contribution in [3.05, 3.63) is 127 Å². The van der Waals surface area contributed by atoms with Gasteiger partial charge in [0, 0.05) is 41.3 Å². The number of nitrogens with zero attached hydrogens (tertiary/aromatic N) is 4. The maximum Gasteiger partial charge on any atom is 0.146 e. The molecule has 0 saturated heterocycles. The van der Waals surface area contributed by atoms with Crippen molar-refractivity contribution in [2.24, 2.45) is 0 Å². The Morgan fingerprint density at radius 2 is 1.46 bits per heavy atom. The molecule has 0 amide bonds. The van der Waals surface area contributed by atoms with E-state index >= 15 is 0 Å². The molecule has 0 radical (unpaired) electrons. The van der Waals surface area contributed by atoms with Gasteiger partial charge in [-0.3, -0.25) is 4.40 Å². The lowest BCUT2D eigenvalue weighted by Gasteiger charge is -2.20. The second-order valence-corrected chi connectivity index (χ2v) is 10.7. The van der Waals surface area contributed by atoms with Gasteiger partial charge in [0.05, 0.1) is 29.3 Å². The van der Waals surface area contributed by atoms with Crippen LogP contribution in [0.15, 0.2) is 121 Å². The smallest absolute Gasteiger partial charge is 0.146 e. The molecule has 0 aliphatic carbocycles. The predicted molar refractivity (Wildman–Crippen MR) is 169 cm³/mol. The summed E-state index contributed by atoms with van der Waals surface area (Å²) in [5.74, 6) is 1.58. The minimum atomic E-state index is 0.784. The van der Waals surface area contributed by atoms with Crippen molar-refractivity contribution in [1.82, 2.24) is 9.38 Å². The van der Waals surface area contributed by atoms with Gasteiger partial charge in [0.25, 0.3) is 0 Å².